The maximum absolute atomic E-state index is 12.3. The first-order valence-electron chi connectivity index (χ1n) is 8.41. The number of urea groups is 1. The van der Waals surface area contributed by atoms with E-state index in [1.165, 1.54) is 0 Å². The van der Waals surface area contributed by atoms with E-state index in [9.17, 15) is 9.59 Å². The summed E-state index contributed by atoms with van der Waals surface area (Å²) in [5, 5.41) is 2.85. The number of rotatable bonds is 7. The Bertz CT molecular complexity index is 501. The minimum absolute atomic E-state index is 0.133. The zero-order valence-electron chi connectivity index (χ0n) is 13.8. The molecule has 0 spiro atoms. The van der Waals surface area contributed by atoms with E-state index in [2.05, 4.69) is 10.3 Å². The van der Waals surface area contributed by atoms with Gasteiger partial charge in [-0.3, -0.25) is 9.78 Å². The molecule has 0 aromatic carbocycles. The molecule has 126 valence electrons. The molecule has 0 aliphatic carbocycles. The highest BCUT2D eigenvalue weighted by molar-refractivity contribution is 5.78. The van der Waals surface area contributed by atoms with Crippen LogP contribution in [0.1, 0.15) is 38.3 Å². The average Bonchev–Trinajstić information content (AvgIpc) is 3.10. The molecule has 0 bridgehead atoms. The molecule has 0 unspecified atom stereocenters. The maximum atomic E-state index is 12.3. The van der Waals surface area contributed by atoms with E-state index in [1.54, 1.807) is 11.1 Å². The van der Waals surface area contributed by atoms with Gasteiger partial charge in [-0.2, -0.15) is 0 Å². The number of hydrogen-bond donors (Lipinski definition) is 1. The van der Waals surface area contributed by atoms with Crippen LogP contribution in [-0.2, 0) is 11.3 Å². The van der Waals surface area contributed by atoms with Crippen LogP contribution in [0.25, 0.3) is 0 Å². The zero-order chi connectivity index (χ0) is 16.5. The summed E-state index contributed by atoms with van der Waals surface area (Å²) in [5.74, 6) is 0.134. The van der Waals surface area contributed by atoms with Crippen molar-refractivity contribution >= 4 is 11.9 Å². The molecule has 0 atom stereocenters. The Morgan fingerprint density at radius 2 is 2.09 bits per heavy atom. The molecule has 23 heavy (non-hydrogen) atoms. The summed E-state index contributed by atoms with van der Waals surface area (Å²) >= 11 is 0. The number of likely N-dealkylation sites (tertiary alicyclic amines) is 1. The number of pyridine rings is 1. The summed E-state index contributed by atoms with van der Waals surface area (Å²) in [6, 6.07) is 5.55. The molecular formula is C17H26N4O2. The Labute approximate surface area is 137 Å². The highest BCUT2D eigenvalue weighted by Gasteiger charge is 2.18. The molecule has 6 heteroatoms. The van der Waals surface area contributed by atoms with Gasteiger partial charge in [0.05, 0.1) is 12.2 Å². The Balaban J connectivity index is 1.77. The van der Waals surface area contributed by atoms with Gasteiger partial charge in [0.15, 0.2) is 0 Å². The normalized spacial score (nSPS) is 13.9. The van der Waals surface area contributed by atoms with Crippen LogP contribution in [0.3, 0.4) is 0 Å². The van der Waals surface area contributed by atoms with Crippen LogP contribution < -0.4 is 5.32 Å². The van der Waals surface area contributed by atoms with Crippen LogP contribution in [0.5, 0.6) is 0 Å². The summed E-state index contributed by atoms with van der Waals surface area (Å²) in [4.78, 5) is 32.1. The standard InChI is InChI=1S/C17H26N4O2/c1-2-11-21(14-15-7-3-4-9-18-15)17(23)19-10-8-16(22)20-12-5-6-13-20/h3-4,7,9H,2,5-6,8,10-14H2,1H3,(H,19,23). The summed E-state index contributed by atoms with van der Waals surface area (Å²) in [6.45, 7) is 5.29. The SMILES string of the molecule is CCCN(Cc1ccccn1)C(=O)NCCC(=O)N1CCCC1. The minimum Gasteiger partial charge on any atom is -0.343 e. The van der Waals surface area contributed by atoms with Gasteiger partial charge in [-0.15, -0.1) is 0 Å². The van der Waals surface area contributed by atoms with Crippen molar-refractivity contribution in [3.63, 3.8) is 0 Å². The minimum atomic E-state index is -0.133. The van der Waals surface area contributed by atoms with Gasteiger partial charge in [-0.1, -0.05) is 13.0 Å². The smallest absolute Gasteiger partial charge is 0.317 e. The van der Waals surface area contributed by atoms with Gasteiger partial charge >= 0.3 is 6.03 Å². The lowest BCUT2D eigenvalue weighted by Crippen LogP contribution is -2.41. The molecule has 2 heterocycles. The highest BCUT2D eigenvalue weighted by Crippen LogP contribution is 2.08. The second-order valence-corrected chi connectivity index (χ2v) is 5.81. The van der Waals surface area contributed by atoms with E-state index >= 15 is 0 Å². The third-order valence-electron chi connectivity index (χ3n) is 3.93. The van der Waals surface area contributed by atoms with E-state index < -0.39 is 0 Å². The average molecular weight is 318 g/mol. The monoisotopic (exact) mass is 318 g/mol. The maximum Gasteiger partial charge on any atom is 0.317 e. The van der Waals surface area contributed by atoms with Crippen molar-refractivity contribution in [3.05, 3.63) is 30.1 Å². The second kappa shape index (κ2) is 9.12. The Hall–Kier alpha value is -2.11. The van der Waals surface area contributed by atoms with E-state index in [-0.39, 0.29) is 11.9 Å². The zero-order valence-corrected chi connectivity index (χ0v) is 13.8. The van der Waals surface area contributed by atoms with Gasteiger partial charge in [0.2, 0.25) is 5.91 Å². The molecule has 0 saturated carbocycles. The quantitative estimate of drug-likeness (QED) is 0.836. The Morgan fingerprint density at radius 1 is 1.30 bits per heavy atom. The van der Waals surface area contributed by atoms with E-state index in [0.717, 1.165) is 38.0 Å². The predicted octanol–water partition coefficient (Wildman–Crippen LogP) is 2.02. The Kier molecular flexibility index (Phi) is 6.84. The summed E-state index contributed by atoms with van der Waals surface area (Å²) in [5.41, 5.74) is 0.865. The summed E-state index contributed by atoms with van der Waals surface area (Å²) in [7, 11) is 0. The van der Waals surface area contributed by atoms with Gasteiger partial charge < -0.3 is 15.1 Å². The van der Waals surface area contributed by atoms with Crippen LogP contribution in [0.4, 0.5) is 4.79 Å². The molecule has 1 aliphatic rings. The molecule has 1 aromatic rings. The van der Waals surface area contributed by atoms with E-state index in [0.29, 0.717) is 26.1 Å². The fourth-order valence-corrected chi connectivity index (χ4v) is 2.72. The predicted molar refractivity (Wildman–Crippen MR) is 88.8 cm³/mol. The van der Waals surface area contributed by atoms with Gasteiger partial charge in [0.25, 0.3) is 0 Å². The molecule has 1 N–H and O–H groups in total. The fraction of sp³-hybridized carbons (Fsp3) is 0.588. The lowest BCUT2D eigenvalue weighted by Gasteiger charge is -2.22. The van der Waals surface area contributed by atoms with Crippen LogP contribution >= 0.6 is 0 Å². The third kappa shape index (κ3) is 5.54. The van der Waals surface area contributed by atoms with Crippen molar-refractivity contribution in [1.82, 2.24) is 20.1 Å². The number of hydrogen-bond acceptors (Lipinski definition) is 3. The van der Waals surface area contributed by atoms with Gasteiger partial charge in [-0.25, -0.2) is 4.79 Å². The lowest BCUT2D eigenvalue weighted by atomic mass is 10.3. The van der Waals surface area contributed by atoms with Crippen molar-refractivity contribution in [3.8, 4) is 0 Å². The molecule has 1 saturated heterocycles. The first-order chi connectivity index (χ1) is 11.2. The van der Waals surface area contributed by atoms with Gasteiger partial charge in [0, 0.05) is 38.8 Å². The number of nitrogens with one attached hydrogen (secondary N) is 1. The number of carbonyl (C=O) groups excluding carboxylic acids is 2. The molecule has 1 aromatic heterocycles. The van der Waals surface area contributed by atoms with Crippen molar-refractivity contribution in [2.75, 3.05) is 26.2 Å². The molecule has 1 fully saturated rings. The topological polar surface area (TPSA) is 65.5 Å². The van der Waals surface area contributed by atoms with Gasteiger partial charge in [-0.05, 0) is 31.4 Å². The van der Waals surface area contributed by atoms with Crippen LogP contribution in [-0.4, -0.2) is 52.9 Å². The first-order valence-corrected chi connectivity index (χ1v) is 8.41. The molecule has 2 rings (SSSR count). The molecular weight excluding hydrogens is 292 g/mol. The number of carbonyl (C=O) groups is 2. The van der Waals surface area contributed by atoms with Gasteiger partial charge in [0.1, 0.15) is 0 Å². The fourth-order valence-electron chi connectivity index (χ4n) is 2.72. The van der Waals surface area contributed by atoms with Crippen LogP contribution in [0, 0.1) is 0 Å². The summed E-state index contributed by atoms with van der Waals surface area (Å²) in [6.07, 6.45) is 5.16. The van der Waals surface area contributed by atoms with Crippen molar-refractivity contribution < 1.29 is 9.59 Å². The van der Waals surface area contributed by atoms with Crippen molar-refractivity contribution in [2.24, 2.45) is 0 Å². The molecule has 3 amide bonds. The third-order valence-corrected chi connectivity index (χ3v) is 3.93. The number of amides is 3. The molecule has 0 radical (unpaired) electrons. The molecule has 6 nitrogen and oxygen atoms in total. The summed E-state index contributed by atoms with van der Waals surface area (Å²) < 4.78 is 0. The second-order valence-electron chi connectivity index (χ2n) is 5.81. The molecule has 1 aliphatic heterocycles. The van der Waals surface area contributed by atoms with E-state index in [1.807, 2.05) is 30.0 Å². The van der Waals surface area contributed by atoms with E-state index in [4.69, 9.17) is 0 Å². The number of aromatic nitrogens is 1. The van der Waals surface area contributed by atoms with Crippen LogP contribution in [0.15, 0.2) is 24.4 Å². The largest absolute Gasteiger partial charge is 0.343 e. The highest BCUT2D eigenvalue weighted by atomic mass is 16.2. The number of nitrogens with zero attached hydrogens (tertiary/aromatic N) is 3. The first kappa shape index (κ1) is 17.2. The lowest BCUT2D eigenvalue weighted by molar-refractivity contribution is -0.129. The van der Waals surface area contributed by atoms with Crippen LogP contribution in [0.2, 0.25) is 0 Å². The van der Waals surface area contributed by atoms with Crippen molar-refractivity contribution in [2.45, 2.75) is 39.2 Å². The van der Waals surface area contributed by atoms with Crippen molar-refractivity contribution in [1.29, 1.82) is 0 Å². The Morgan fingerprint density at radius 3 is 2.74 bits per heavy atom.